The predicted molar refractivity (Wildman–Crippen MR) is 83.5 cm³/mol. The smallest absolute Gasteiger partial charge is 0.134 e. The molecule has 3 nitrogen and oxygen atoms in total. The summed E-state index contributed by atoms with van der Waals surface area (Å²) in [7, 11) is 0. The quantitative estimate of drug-likeness (QED) is 0.836. The summed E-state index contributed by atoms with van der Waals surface area (Å²) in [6.45, 7) is 7.38. The number of benzene rings is 1. The maximum absolute atomic E-state index is 6.28. The van der Waals surface area contributed by atoms with Gasteiger partial charge in [0.15, 0.2) is 0 Å². The first-order valence-corrected chi connectivity index (χ1v) is 8.11. The van der Waals surface area contributed by atoms with E-state index in [2.05, 4.69) is 43.0 Å². The van der Waals surface area contributed by atoms with E-state index in [0.717, 1.165) is 43.9 Å². The highest BCUT2D eigenvalue weighted by Gasteiger charge is 2.47. The van der Waals surface area contributed by atoms with E-state index in [0.29, 0.717) is 0 Å². The maximum atomic E-state index is 6.28. The minimum absolute atomic E-state index is 0.129. The molecule has 3 heterocycles. The first kappa shape index (κ1) is 13.4. The number of fused-ring (bicyclic) bond motifs is 5. The molecule has 0 N–H and O–H groups in total. The minimum Gasteiger partial charge on any atom is -0.459 e. The summed E-state index contributed by atoms with van der Waals surface area (Å²) in [4.78, 5) is 2.56. The Bertz CT molecular complexity index is 658. The second kappa shape index (κ2) is 4.85. The van der Waals surface area contributed by atoms with Gasteiger partial charge in [-0.1, -0.05) is 18.2 Å². The van der Waals surface area contributed by atoms with Gasteiger partial charge in [0, 0.05) is 24.1 Å². The predicted octanol–water partition coefficient (Wildman–Crippen LogP) is 3.92. The van der Waals surface area contributed by atoms with Crippen LogP contribution in [0.15, 0.2) is 28.7 Å². The first-order valence-electron chi connectivity index (χ1n) is 8.11. The van der Waals surface area contributed by atoms with Crippen LogP contribution in [-0.2, 0) is 11.2 Å². The van der Waals surface area contributed by atoms with Gasteiger partial charge >= 0.3 is 0 Å². The zero-order valence-corrected chi connectivity index (χ0v) is 12.9. The molecular formula is C18H23NO2. The van der Waals surface area contributed by atoms with Crippen LogP contribution in [0.4, 0.5) is 0 Å². The topological polar surface area (TPSA) is 25.6 Å². The largest absolute Gasteiger partial charge is 0.459 e. The molecule has 2 aromatic rings. The molecule has 1 saturated heterocycles. The molecule has 21 heavy (non-hydrogen) atoms. The molecule has 2 aliphatic rings. The van der Waals surface area contributed by atoms with E-state index in [9.17, 15) is 0 Å². The van der Waals surface area contributed by atoms with Gasteiger partial charge in [0.05, 0.1) is 11.6 Å². The van der Waals surface area contributed by atoms with Gasteiger partial charge in [0.25, 0.3) is 0 Å². The lowest BCUT2D eigenvalue weighted by molar-refractivity contribution is -0.123. The molecule has 2 unspecified atom stereocenters. The summed E-state index contributed by atoms with van der Waals surface area (Å²) >= 11 is 0. The number of hydrogen-bond acceptors (Lipinski definition) is 3. The van der Waals surface area contributed by atoms with Gasteiger partial charge in [-0.2, -0.15) is 0 Å². The van der Waals surface area contributed by atoms with Crippen LogP contribution in [-0.4, -0.2) is 30.2 Å². The van der Waals surface area contributed by atoms with Crippen LogP contribution in [0, 0.1) is 0 Å². The van der Waals surface area contributed by atoms with E-state index < -0.39 is 0 Å². The van der Waals surface area contributed by atoms with E-state index in [-0.39, 0.29) is 11.6 Å². The van der Waals surface area contributed by atoms with Crippen molar-refractivity contribution in [2.24, 2.45) is 0 Å². The van der Waals surface area contributed by atoms with Crippen LogP contribution < -0.4 is 0 Å². The van der Waals surface area contributed by atoms with Crippen LogP contribution >= 0.6 is 0 Å². The summed E-state index contributed by atoms with van der Waals surface area (Å²) in [6.07, 6.45) is 3.41. The van der Waals surface area contributed by atoms with Gasteiger partial charge in [0.2, 0.25) is 0 Å². The molecule has 0 saturated carbocycles. The highest BCUT2D eigenvalue weighted by molar-refractivity contribution is 5.82. The molecule has 112 valence electrons. The summed E-state index contributed by atoms with van der Waals surface area (Å²) in [5.41, 5.74) is 2.30. The van der Waals surface area contributed by atoms with E-state index in [1.807, 2.05) is 0 Å². The number of piperidine rings is 1. The lowest BCUT2D eigenvalue weighted by Crippen LogP contribution is -2.52. The number of ether oxygens (including phenoxy) is 1. The van der Waals surface area contributed by atoms with E-state index in [4.69, 9.17) is 9.15 Å². The molecule has 2 atom stereocenters. The Morgan fingerprint density at radius 2 is 2.19 bits per heavy atom. The van der Waals surface area contributed by atoms with Crippen molar-refractivity contribution in [2.45, 2.75) is 44.8 Å². The van der Waals surface area contributed by atoms with Gasteiger partial charge in [-0.05, 0) is 45.7 Å². The Morgan fingerprint density at radius 1 is 1.33 bits per heavy atom. The van der Waals surface area contributed by atoms with Gasteiger partial charge in [-0.15, -0.1) is 0 Å². The average molecular weight is 285 g/mol. The van der Waals surface area contributed by atoms with Gasteiger partial charge in [0.1, 0.15) is 11.3 Å². The minimum atomic E-state index is -0.129. The van der Waals surface area contributed by atoms with Crippen molar-refractivity contribution in [1.82, 2.24) is 4.90 Å². The Morgan fingerprint density at radius 3 is 3.05 bits per heavy atom. The average Bonchev–Trinajstić information content (AvgIpc) is 2.85. The zero-order valence-electron chi connectivity index (χ0n) is 12.9. The molecule has 0 aliphatic carbocycles. The summed E-state index contributed by atoms with van der Waals surface area (Å²) < 4.78 is 12.5. The van der Waals surface area contributed by atoms with Crippen molar-refractivity contribution in [3.63, 3.8) is 0 Å². The summed E-state index contributed by atoms with van der Waals surface area (Å²) in [5.74, 6) is 1.15. The lowest BCUT2D eigenvalue weighted by atomic mass is 9.80. The molecule has 3 heteroatoms. The van der Waals surface area contributed by atoms with Gasteiger partial charge in [-0.25, -0.2) is 0 Å². The molecular weight excluding hydrogens is 262 g/mol. The lowest BCUT2D eigenvalue weighted by Gasteiger charge is -2.49. The Kier molecular flexibility index (Phi) is 3.09. The Labute approximate surface area is 125 Å². The van der Waals surface area contributed by atoms with Gasteiger partial charge < -0.3 is 9.15 Å². The second-order valence-electron chi connectivity index (χ2n) is 6.48. The van der Waals surface area contributed by atoms with E-state index >= 15 is 0 Å². The molecule has 4 rings (SSSR count). The Hall–Kier alpha value is -1.32. The molecule has 0 bridgehead atoms. The van der Waals surface area contributed by atoms with Crippen molar-refractivity contribution in [3.05, 3.63) is 35.6 Å². The van der Waals surface area contributed by atoms with Crippen molar-refractivity contribution in [3.8, 4) is 0 Å². The van der Waals surface area contributed by atoms with Crippen molar-refractivity contribution in [2.75, 3.05) is 19.7 Å². The standard InChI is InChI=1S/C18H23NO2/c1-3-20-18(2)10-6-11-19-12-9-14-13-7-4-5-8-15(13)21-16(14)17(18)19/h4-5,7-8,17H,3,6,9-12H2,1-2H3. The monoisotopic (exact) mass is 285 g/mol. The molecule has 2 aliphatic heterocycles. The van der Waals surface area contributed by atoms with Crippen LogP contribution in [0.3, 0.4) is 0 Å². The molecule has 0 amide bonds. The molecule has 1 fully saturated rings. The number of nitrogens with zero attached hydrogens (tertiary/aromatic N) is 1. The van der Waals surface area contributed by atoms with Crippen molar-refractivity contribution >= 4 is 11.0 Å². The molecule has 0 radical (unpaired) electrons. The van der Waals surface area contributed by atoms with Crippen molar-refractivity contribution < 1.29 is 9.15 Å². The fourth-order valence-electron chi connectivity index (χ4n) is 4.30. The molecule has 1 aromatic heterocycles. The third kappa shape index (κ3) is 1.95. The van der Waals surface area contributed by atoms with Crippen LogP contribution in [0.25, 0.3) is 11.0 Å². The SMILES string of the molecule is CCOC1(C)CCCN2CCc3c(oc4ccccc34)C21. The molecule has 0 spiro atoms. The first-order chi connectivity index (χ1) is 10.2. The fraction of sp³-hybridized carbons (Fsp3) is 0.556. The van der Waals surface area contributed by atoms with E-state index in [1.54, 1.807) is 0 Å². The van der Waals surface area contributed by atoms with Crippen LogP contribution in [0.1, 0.15) is 44.1 Å². The third-order valence-corrected chi connectivity index (χ3v) is 5.16. The third-order valence-electron chi connectivity index (χ3n) is 5.16. The highest BCUT2D eigenvalue weighted by atomic mass is 16.5. The molecule has 1 aromatic carbocycles. The number of para-hydroxylation sites is 1. The number of furan rings is 1. The van der Waals surface area contributed by atoms with Gasteiger partial charge in [-0.3, -0.25) is 4.90 Å². The normalized spacial score (nSPS) is 29.3. The van der Waals surface area contributed by atoms with Crippen LogP contribution in [0.2, 0.25) is 0 Å². The maximum Gasteiger partial charge on any atom is 0.134 e. The van der Waals surface area contributed by atoms with Crippen LogP contribution in [0.5, 0.6) is 0 Å². The number of hydrogen-bond donors (Lipinski definition) is 0. The summed E-state index contributed by atoms with van der Waals surface area (Å²) in [5, 5.41) is 1.29. The second-order valence-corrected chi connectivity index (χ2v) is 6.48. The summed E-state index contributed by atoms with van der Waals surface area (Å²) in [6, 6.07) is 8.69. The number of rotatable bonds is 2. The fourth-order valence-corrected chi connectivity index (χ4v) is 4.30. The van der Waals surface area contributed by atoms with Crippen molar-refractivity contribution in [1.29, 1.82) is 0 Å². The highest BCUT2D eigenvalue weighted by Crippen LogP contribution is 2.47. The Balaban J connectivity index is 1.87. The zero-order chi connectivity index (χ0) is 14.4. The van der Waals surface area contributed by atoms with E-state index in [1.165, 1.54) is 17.4 Å².